The van der Waals surface area contributed by atoms with Crippen molar-refractivity contribution in [3.8, 4) is 11.5 Å². The lowest BCUT2D eigenvalue weighted by Gasteiger charge is -2.10. The molecule has 150 valence electrons. The number of rotatable bonds is 8. The van der Waals surface area contributed by atoms with Gasteiger partial charge in [0.1, 0.15) is 11.5 Å². The van der Waals surface area contributed by atoms with Gasteiger partial charge in [-0.25, -0.2) is 0 Å². The summed E-state index contributed by atoms with van der Waals surface area (Å²) in [6.07, 6.45) is -4.74. The fourth-order valence-electron chi connectivity index (χ4n) is 2.50. The number of carbonyl (C=O) groups excluding carboxylic acids is 2. The van der Waals surface area contributed by atoms with E-state index in [1.165, 1.54) is 31.4 Å². The van der Waals surface area contributed by atoms with Gasteiger partial charge in [-0.05, 0) is 36.8 Å². The molecule has 0 aromatic heterocycles. The molecule has 0 atom stereocenters. The van der Waals surface area contributed by atoms with Crippen LogP contribution in [0.4, 0.5) is 13.2 Å². The molecule has 0 aliphatic heterocycles. The molecule has 0 spiro atoms. The van der Waals surface area contributed by atoms with Crippen LogP contribution in [0.25, 0.3) is 0 Å². The van der Waals surface area contributed by atoms with E-state index in [-0.39, 0.29) is 36.8 Å². The van der Waals surface area contributed by atoms with E-state index in [1.807, 2.05) is 13.0 Å². The van der Waals surface area contributed by atoms with Gasteiger partial charge >= 0.3 is 6.36 Å². The lowest BCUT2D eigenvalue weighted by atomic mass is 10.0. The van der Waals surface area contributed by atoms with Crippen LogP contribution in [0.1, 0.15) is 34.3 Å². The summed E-state index contributed by atoms with van der Waals surface area (Å²) in [5, 5.41) is 2.63. The number of methoxy groups -OCH3 is 1. The van der Waals surface area contributed by atoms with E-state index in [4.69, 9.17) is 4.74 Å². The smallest absolute Gasteiger partial charge is 0.496 e. The highest BCUT2D eigenvalue weighted by Gasteiger charge is 2.30. The van der Waals surface area contributed by atoms with Crippen molar-refractivity contribution in [1.29, 1.82) is 0 Å². The second kappa shape index (κ2) is 9.25. The van der Waals surface area contributed by atoms with Gasteiger partial charge in [-0.15, -0.1) is 13.2 Å². The Morgan fingerprint density at radius 1 is 1.04 bits per heavy atom. The zero-order chi connectivity index (χ0) is 20.7. The van der Waals surface area contributed by atoms with Crippen molar-refractivity contribution in [1.82, 2.24) is 5.32 Å². The first-order valence-electron chi connectivity index (χ1n) is 8.47. The minimum atomic E-state index is -4.75. The summed E-state index contributed by atoms with van der Waals surface area (Å²) in [7, 11) is 1.47. The number of hydrogen-bond acceptors (Lipinski definition) is 4. The first-order chi connectivity index (χ1) is 13.2. The Balaban J connectivity index is 1.83. The van der Waals surface area contributed by atoms with Crippen LogP contribution in [0.15, 0.2) is 42.5 Å². The molecular formula is C20H20F3NO4. The van der Waals surface area contributed by atoms with Crippen molar-refractivity contribution >= 4 is 11.7 Å². The maximum atomic E-state index is 12.3. The monoisotopic (exact) mass is 395 g/mol. The zero-order valence-corrected chi connectivity index (χ0v) is 15.4. The molecule has 8 heteroatoms. The Hall–Kier alpha value is -3.03. The molecule has 0 fully saturated rings. The summed E-state index contributed by atoms with van der Waals surface area (Å²) in [5.41, 5.74) is 1.94. The molecule has 0 aliphatic carbocycles. The molecule has 0 saturated carbocycles. The molecular weight excluding hydrogens is 375 g/mol. The largest absolute Gasteiger partial charge is 0.573 e. The molecule has 0 saturated heterocycles. The van der Waals surface area contributed by atoms with E-state index in [0.29, 0.717) is 16.9 Å². The molecule has 28 heavy (non-hydrogen) atoms. The van der Waals surface area contributed by atoms with Crippen molar-refractivity contribution in [3.63, 3.8) is 0 Å². The molecule has 0 unspecified atom stereocenters. The van der Waals surface area contributed by atoms with Crippen LogP contribution in [0.3, 0.4) is 0 Å². The Morgan fingerprint density at radius 2 is 1.71 bits per heavy atom. The molecule has 2 aromatic carbocycles. The number of Topliss-reactive ketones (excluding diaryl/α,β-unsaturated/α-hetero) is 1. The van der Waals surface area contributed by atoms with Gasteiger partial charge in [0.15, 0.2) is 5.78 Å². The second-order valence-corrected chi connectivity index (χ2v) is 6.10. The van der Waals surface area contributed by atoms with Gasteiger partial charge in [-0.3, -0.25) is 9.59 Å². The predicted molar refractivity (Wildman–Crippen MR) is 96.3 cm³/mol. The number of aryl methyl sites for hydroxylation is 1. The van der Waals surface area contributed by atoms with Crippen LogP contribution in [-0.4, -0.2) is 25.2 Å². The molecule has 0 radical (unpaired) electrons. The van der Waals surface area contributed by atoms with E-state index in [1.54, 1.807) is 12.1 Å². The van der Waals surface area contributed by atoms with Crippen LogP contribution in [-0.2, 0) is 11.3 Å². The lowest BCUT2D eigenvalue weighted by Crippen LogP contribution is -2.23. The number of ether oxygens (including phenoxy) is 2. The third kappa shape index (κ3) is 6.61. The number of hydrogen-bond donors (Lipinski definition) is 1. The number of ketones is 1. The Bertz CT molecular complexity index is 832. The van der Waals surface area contributed by atoms with Crippen molar-refractivity contribution < 1.29 is 32.2 Å². The molecule has 2 aromatic rings. The van der Waals surface area contributed by atoms with Crippen molar-refractivity contribution in [2.24, 2.45) is 0 Å². The minimum absolute atomic E-state index is 0.00873. The van der Waals surface area contributed by atoms with Gasteiger partial charge in [0.2, 0.25) is 5.91 Å². The summed E-state index contributed by atoms with van der Waals surface area (Å²) in [6.45, 7) is 1.99. The average molecular weight is 395 g/mol. The number of amides is 1. The Kier molecular flexibility index (Phi) is 7.03. The molecule has 0 bridgehead atoms. The predicted octanol–water partition coefficient (Wildman–Crippen LogP) is 4.18. The summed E-state index contributed by atoms with van der Waals surface area (Å²) >= 11 is 0. The van der Waals surface area contributed by atoms with Crippen LogP contribution in [0, 0.1) is 6.92 Å². The van der Waals surface area contributed by atoms with Crippen LogP contribution < -0.4 is 14.8 Å². The normalized spacial score (nSPS) is 11.0. The van der Waals surface area contributed by atoms with Crippen molar-refractivity contribution in [2.45, 2.75) is 32.7 Å². The van der Waals surface area contributed by atoms with Gasteiger partial charge in [0.05, 0.1) is 12.7 Å². The van der Waals surface area contributed by atoms with E-state index in [9.17, 15) is 22.8 Å². The number of halogens is 3. The summed E-state index contributed by atoms with van der Waals surface area (Å²) in [6, 6.07) is 10.4. The fraction of sp³-hybridized carbons (Fsp3) is 0.300. The minimum Gasteiger partial charge on any atom is -0.496 e. The SMILES string of the molecule is COc1ccc(C)cc1C(=O)CCC(=O)NCc1ccc(OC(F)(F)F)cc1. The quantitative estimate of drug-likeness (QED) is 0.681. The Morgan fingerprint density at radius 3 is 2.32 bits per heavy atom. The van der Waals surface area contributed by atoms with Gasteiger partial charge in [-0.1, -0.05) is 23.8 Å². The van der Waals surface area contributed by atoms with E-state index in [2.05, 4.69) is 10.1 Å². The van der Waals surface area contributed by atoms with Crippen LogP contribution >= 0.6 is 0 Å². The number of alkyl halides is 3. The van der Waals surface area contributed by atoms with Crippen molar-refractivity contribution in [2.75, 3.05) is 7.11 Å². The summed E-state index contributed by atoms with van der Waals surface area (Å²) < 4.78 is 45.3. The third-order valence-corrected chi connectivity index (χ3v) is 3.88. The zero-order valence-electron chi connectivity index (χ0n) is 15.4. The highest BCUT2D eigenvalue weighted by atomic mass is 19.4. The number of benzene rings is 2. The molecule has 0 aliphatic rings. The van der Waals surface area contributed by atoms with E-state index >= 15 is 0 Å². The second-order valence-electron chi connectivity index (χ2n) is 6.10. The summed E-state index contributed by atoms with van der Waals surface area (Å²) in [5.74, 6) is -0.419. The summed E-state index contributed by atoms with van der Waals surface area (Å²) in [4.78, 5) is 24.3. The lowest BCUT2D eigenvalue weighted by molar-refractivity contribution is -0.274. The highest BCUT2D eigenvalue weighted by Crippen LogP contribution is 2.23. The number of carbonyl (C=O) groups is 2. The Labute approximate surface area is 160 Å². The van der Waals surface area contributed by atoms with Crippen molar-refractivity contribution in [3.05, 3.63) is 59.2 Å². The topological polar surface area (TPSA) is 64.6 Å². The highest BCUT2D eigenvalue weighted by molar-refractivity contribution is 6.00. The standard InChI is InChI=1S/C20H20F3NO4/c1-13-3-9-18(27-2)16(11-13)17(25)8-10-19(26)24-12-14-4-6-15(7-5-14)28-20(21,22)23/h3-7,9,11H,8,10,12H2,1-2H3,(H,24,26). The maximum Gasteiger partial charge on any atom is 0.573 e. The first-order valence-corrected chi connectivity index (χ1v) is 8.47. The molecule has 5 nitrogen and oxygen atoms in total. The van der Waals surface area contributed by atoms with E-state index in [0.717, 1.165) is 5.56 Å². The fourth-order valence-corrected chi connectivity index (χ4v) is 2.50. The third-order valence-electron chi connectivity index (χ3n) is 3.88. The van der Waals surface area contributed by atoms with Crippen LogP contribution in [0.2, 0.25) is 0 Å². The first kappa shape index (κ1) is 21.3. The molecule has 0 heterocycles. The average Bonchev–Trinajstić information content (AvgIpc) is 2.64. The maximum absolute atomic E-state index is 12.3. The van der Waals surface area contributed by atoms with E-state index < -0.39 is 6.36 Å². The molecule has 1 N–H and O–H groups in total. The van der Waals surface area contributed by atoms with Gasteiger partial charge < -0.3 is 14.8 Å². The van der Waals surface area contributed by atoms with Crippen LogP contribution in [0.5, 0.6) is 11.5 Å². The van der Waals surface area contributed by atoms with Gasteiger partial charge in [-0.2, -0.15) is 0 Å². The van der Waals surface area contributed by atoms with Gasteiger partial charge in [0.25, 0.3) is 0 Å². The van der Waals surface area contributed by atoms with Gasteiger partial charge in [0, 0.05) is 19.4 Å². The number of nitrogens with one attached hydrogen (secondary N) is 1. The molecule has 2 rings (SSSR count). The molecule has 1 amide bonds.